The molecule has 2 N–H and O–H groups in total. The first-order chi connectivity index (χ1) is 3.91. The summed E-state index contributed by atoms with van der Waals surface area (Å²) >= 11 is 0. The van der Waals surface area contributed by atoms with E-state index in [2.05, 4.69) is 0 Å². The fourth-order valence-electron chi connectivity index (χ4n) is 0.389. The molecule has 0 heterocycles. The fraction of sp³-hybridized carbons (Fsp3) is 1.00. The minimum absolute atomic E-state index is 0.309. The van der Waals surface area contributed by atoms with E-state index in [9.17, 15) is 0 Å². The lowest BCUT2D eigenvalue weighted by Crippen LogP contribution is -2.06. The maximum Gasteiger partial charge on any atom is 0.0940 e. The molecule has 0 aliphatic carbocycles. The SMILES string of the molecule is COCCCOCN. The maximum absolute atomic E-state index is 5.05. The summed E-state index contributed by atoms with van der Waals surface area (Å²) in [6.07, 6.45) is 0.924. The van der Waals surface area contributed by atoms with Crippen molar-refractivity contribution in [2.75, 3.05) is 27.1 Å². The highest BCUT2D eigenvalue weighted by molar-refractivity contribution is 4.29. The number of hydrogen-bond acceptors (Lipinski definition) is 3. The van der Waals surface area contributed by atoms with Gasteiger partial charge in [0.05, 0.1) is 13.3 Å². The Morgan fingerprint density at radius 1 is 1.38 bits per heavy atom. The highest BCUT2D eigenvalue weighted by Gasteiger charge is 1.82. The largest absolute Gasteiger partial charge is 0.385 e. The number of rotatable bonds is 5. The number of methoxy groups -OCH3 is 1. The second kappa shape index (κ2) is 6.88. The van der Waals surface area contributed by atoms with Crippen LogP contribution in [0.15, 0.2) is 0 Å². The molecule has 0 bridgehead atoms. The van der Waals surface area contributed by atoms with E-state index in [1.165, 1.54) is 0 Å². The van der Waals surface area contributed by atoms with Crippen LogP contribution in [0, 0.1) is 0 Å². The summed E-state index contributed by atoms with van der Waals surface area (Å²) in [5, 5.41) is 0. The van der Waals surface area contributed by atoms with Crippen LogP contribution < -0.4 is 5.73 Å². The van der Waals surface area contributed by atoms with E-state index in [4.69, 9.17) is 15.2 Å². The summed E-state index contributed by atoms with van der Waals surface area (Å²) < 4.78 is 9.60. The van der Waals surface area contributed by atoms with E-state index in [0.29, 0.717) is 13.3 Å². The van der Waals surface area contributed by atoms with Crippen LogP contribution in [0.4, 0.5) is 0 Å². The molecular weight excluding hydrogens is 106 g/mol. The summed E-state index contributed by atoms with van der Waals surface area (Å²) in [6.45, 7) is 1.76. The van der Waals surface area contributed by atoms with E-state index in [1.807, 2.05) is 0 Å². The minimum Gasteiger partial charge on any atom is -0.385 e. The Morgan fingerprint density at radius 2 is 2.12 bits per heavy atom. The highest BCUT2D eigenvalue weighted by Crippen LogP contribution is 1.79. The average molecular weight is 119 g/mol. The molecule has 0 aliphatic rings. The third-order valence-electron chi connectivity index (χ3n) is 0.755. The van der Waals surface area contributed by atoms with Gasteiger partial charge in [0.25, 0.3) is 0 Å². The Hall–Kier alpha value is -0.120. The van der Waals surface area contributed by atoms with Crippen molar-refractivity contribution in [3.63, 3.8) is 0 Å². The quantitative estimate of drug-likeness (QED) is 0.408. The van der Waals surface area contributed by atoms with Crippen molar-refractivity contribution in [1.82, 2.24) is 0 Å². The van der Waals surface area contributed by atoms with Crippen LogP contribution >= 0.6 is 0 Å². The van der Waals surface area contributed by atoms with Crippen molar-refractivity contribution in [3.8, 4) is 0 Å². The second-order valence-corrected chi connectivity index (χ2v) is 1.42. The predicted molar refractivity (Wildman–Crippen MR) is 31.5 cm³/mol. The second-order valence-electron chi connectivity index (χ2n) is 1.42. The molecule has 0 saturated heterocycles. The summed E-state index contributed by atoms with van der Waals surface area (Å²) in [5.74, 6) is 0. The van der Waals surface area contributed by atoms with E-state index in [-0.39, 0.29) is 0 Å². The van der Waals surface area contributed by atoms with E-state index >= 15 is 0 Å². The molecule has 3 nitrogen and oxygen atoms in total. The van der Waals surface area contributed by atoms with Crippen molar-refractivity contribution >= 4 is 0 Å². The molecule has 0 spiro atoms. The zero-order valence-corrected chi connectivity index (χ0v) is 5.22. The first-order valence-corrected chi connectivity index (χ1v) is 2.68. The van der Waals surface area contributed by atoms with Gasteiger partial charge in [-0.25, -0.2) is 0 Å². The maximum atomic E-state index is 5.05. The third-order valence-corrected chi connectivity index (χ3v) is 0.755. The first-order valence-electron chi connectivity index (χ1n) is 2.68. The Balaban J connectivity index is 2.53. The van der Waals surface area contributed by atoms with Gasteiger partial charge in [0.1, 0.15) is 0 Å². The smallest absolute Gasteiger partial charge is 0.0940 e. The Morgan fingerprint density at radius 3 is 2.62 bits per heavy atom. The molecule has 8 heavy (non-hydrogen) atoms. The Bertz CT molecular complexity index is 35.4. The molecule has 0 aromatic carbocycles. The lowest BCUT2D eigenvalue weighted by molar-refractivity contribution is 0.107. The van der Waals surface area contributed by atoms with Crippen molar-refractivity contribution < 1.29 is 9.47 Å². The lowest BCUT2D eigenvalue weighted by atomic mass is 10.5. The Labute approximate surface area is 49.8 Å². The molecule has 0 aromatic rings. The van der Waals surface area contributed by atoms with Crippen LogP contribution in [0.3, 0.4) is 0 Å². The monoisotopic (exact) mass is 119 g/mol. The highest BCUT2D eigenvalue weighted by atomic mass is 16.5. The zero-order chi connectivity index (χ0) is 6.24. The van der Waals surface area contributed by atoms with Crippen molar-refractivity contribution in [3.05, 3.63) is 0 Å². The molecule has 0 aliphatic heterocycles. The molecule has 0 amide bonds. The summed E-state index contributed by atoms with van der Waals surface area (Å²) in [5.41, 5.74) is 5.05. The molecule has 0 rings (SSSR count). The van der Waals surface area contributed by atoms with Crippen LogP contribution in [-0.2, 0) is 9.47 Å². The van der Waals surface area contributed by atoms with Gasteiger partial charge >= 0.3 is 0 Å². The van der Waals surface area contributed by atoms with Gasteiger partial charge in [-0.15, -0.1) is 0 Å². The third kappa shape index (κ3) is 5.88. The van der Waals surface area contributed by atoms with Crippen LogP contribution in [0.2, 0.25) is 0 Å². The normalized spacial score (nSPS) is 9.75. The molecule has 3 heteroatoms. The first kappa shape index (κ1) is 7.88. The van der Waals surface area contributed by atoms with Crippen molar-refractivity contribution in [2.45, 2.75) is 6.42 Å². The van der Waals surface area contributed by atoms with Gasteiger partial charge in [0.2, 0.25) is 0 Å². The van der Waals surface area contributed by atoms with Crippen LogP contribution in [-0.4, -0.2) is 27.1 Å². The van der Waals surface area contributed by atoms with Crippen molar-refractivity contribution in [2.24, 2.45) is 5.73 Å². The predicted octanol–water partition coefficient (Wildman–Crippen LogP) is -0.0443. The molecule has 50 valence electrons. The topological polar surface area (TPSA) is 44.5 Å². The zero-order valence-electron chi connectivity index (χ0n) is 5.22. The fourth-order valence-corrected chi connectivity index (χ4v) is 0.389. The summed E-state index contributed by atoms with van der Waals surface area (Å²) in [6, 6.07) is 0. The Kier molecular flexibility index (Phi) is 6.78. The van der Waals surface area contributed by atoms with Crippen LogP contribution in [0.1, 0.15) is 6.42 Å². The van der Waals surface area contributed by atoms with E-state index in [0.717, 1.165) is 13.0 Å². The number of ether oxygens (including phenoxy) is 2. The van der Waals surface area contributed by atoms with Gasteiger partial charge in [-0.1, -0.05) is 0 Å². The molecule has 0 aromatic heterocycles. The molecule has 0 unspecified atom stereocenters. The van der Waals surface area contributed by atoms with Gasteiger partial charge < -0.3 is 15.2 Å². The van der Waals surface area contributed by atoms with Gasteiger partial charge in [0, 0.05) is 13.7 Å². The van der Waals surface area contributed by atoms with Gasteiger partial charge in [-0.2, -0.15) is 0 Å². The van der Waals surface area contributed by atoms with Gasteiger partial charge in [-0.05, 0) is 6.42 Å². The van der Waals surface area contributed by atoms with Gasteiger partial charge in [0.15, 0.2) is 0 Å². The van der Waals surface area contributed by atoms with Crippen molar-refractivity contribution in [1.29, 1.82) is 0 Å². The summed E-state index contributed by atoms with van der Waals surface area (Å²) in [4.78, 5) is 0. The van der Waals surface area contributed by atoms with E-state index in [1.54, 1.807) is 7.11 Å². The van der Waals surface area contributed by atoms with E-state index < -0.39 is 0 Å². The number of hydrogen-bond donors (Lipinski definition) is 1. The number of nitrogens with two attached hydrogens (primary N) is 1. The van der Waals surface area contributed by atoms with Crippen LogP contribution in [0.25, 0.3) is 0 Å². The lowest BCUT2D eigenvalue weighted by Gasteiger charge is -1.97. The molecular formula is C5H13NO2. The molecule has 0 radical (unpaired) electrons. The van der Waals surface area contributed by atoms with Gasteiger partial charge in [-0.3, -0.25) is 0 Å². The van der Waals surface area contributed by atoms with Crippen LogP contribution in [0.5, 0.6) is 0 Å². The standard InChI is InChI=1S/C5H13NO2/c1-7-3-2-4-8-5-6/h2-6H2,1H3. The molecule has 0 saturated carbocycles. The molecule has 0 atom stereocenters. The minimum atomic E-state index is 0.309. The average Bonchev–Trinajstić information content (AvgIpc) is 1.81. The summed E-state index contributed by atoms with van der Waals surface area (Å²) in [7, 11) is 1.67. The molecule has 0 fully saturated rings.